The van der Waals surface area contributed by atoms with Crippen molar-refractivity contribution < 1.29 is 4.79 Å². The number of nitrogens with one attached hydrogen (secondary N) is 1. The monoisotopic (exact) mass is 388 g/mol. The summed E-state index contributed by atoms with van der Waals surface area (Å²) in [6, 6.07) is 13.8. The molecule has 0 saturated heterocycles. The standard InChI is InChI=1S/C22H24N6O/c1-5-27-21-20(16(4)26-27)18(11-14(2)23-21)22(29)24-19-12-15(3)25-28(19)13-17-9-7-6-8-10-17/h6-12H,5,13H2,1-4H3,(H,24,29). The summed E-state index contributed by atoms with van der Waals surface area (Å²) in [5.41, 5.74) is 4.87. The highest BCUT2D eigenvalue weighted by Gasteiger charge is 2.20. The molecule has 0 saturated carbocycles. The van der Waals surface area contributed by atoms with Gasteiger partial charge in [0.05, 0.1) is 28.9 Å². The highest BCUT2D eigenvalue weighted by atomic mass is 16.1. The summed E-state index contributed by atoms with van der Waals surface area (Å²) in [4.78, 5) is 17.8. The van der Waals surface area contributed by atoms with Gasteiger partial charge in [-0.15, -0.1) is 0 Å². The van der Waals surface area contributed by atoms with Gasteiger partial charge >= 0.3 is 0 Å². The molecule has 3 heterocycles. The number of hydrogen-bond acceptors (Lipinski definition) is 4. The van der Waals surface area contributed by atoms with E-state index < -0.39 is 0 Å². The topological polar surface area (TPSA) is 77.6 Å². The predicted octanol–water partition coefficient (Wildman–Crippen LogP) is 3.87. The number of nitrogens with zero attached hydrogens (tertiary/aromatic N) is 5. The van der Waals surface area contributed by atoms with E-state index in [4.69, 9.17) is 0 Å². The first kappa shape index (κ1) is 18.9. The number of benzene rings is 1. The lowest BCUT2D eigenvalue weighted by Crippen LogP contribution is -2.17. The minimum Gasteiger partial charge on any atom is -0.307 e. The highest BCUT2D eigenvalue weighted by Crippen LogP contribution is 2.24. The number of fused-ring (bicyclic) bond motifs is 1. The van der Waals surface area contributed by atoms with Gasteiger partial charge in [0.2, 0.25) is 0 Å². The zero-order valence-corrected chi connectivity index (χ0v) is 17.1. The SMILES string of the molecule is CCn1nc(C)c2c(C(=O)Nc3cc(C)nn3Cc3ccccc3)cc(C)nc21. The summed E-state index contributed by atoms with van der Waals surface area (Å²) < 4.78 is 3.65. The van der Waals surface area contributed by atoms with Crippen molar-refractivity contribution in [2.75, 3.05) is 5.32 Å². The average molecular weight is 388 g/mol. The van der Waals surface area contributed by atoms with Gasteiger partial charge in [-0.05, 0) is 39.3 Å². The molecule has 0 atom stereocenters. The molecule has 1 amide bonds. The van der Waals surface area contributed by atoms with Crippen LogP contribution in [0.1, 0.15) is 39.9 Å². The van der Waals surface area contributed by atoms with E-state index in [0.717, 1.165) is 33.7 Å². The number of hydrogen-bond donors (Lipinski definition) is 1. The van der Waals surface area contributed by atoms with E-state index in [1.165, 1.54) is 0 Å². The van der Waals surface area contributed by atoms with Crippen molar-refractivity contribution in [3.8, 4) is 0 Å². The van der Waals surface area contributed by atoms with E-state index in [1.807, 2.05) is 79.5 Å². The van der Waals surface area contributed by atoms with Crippen molar-refractivity contribution >= 4 is 22.8 Å². The van der Waals surface area contributed by atoms with Crippen molar-refractivity contribution in [1.29, 1.82) is 0 Å². The number of anilines is 1. The normalized spacial score (nSPS) is 11.2. The van der Waals surface area contributed by atoms with Crippen LogP contribution in [0, 0.1) is 20.8 Å². The molecule has 3 aromatic heterocycles. The molecule has 0 spiro atoms. The third kappa shape index (κ3) is 3.63. The van der Waals surface area contributed by atoms with Crippen molar-refractivity contribution in [3.63, 3.8) is 0 Å². The second-order valence-corrected chi connectivity index (χ2v) is 7.18. The molecule has 7 heteroatoms. The van der Waals surface area contributed by atoms with Crippen molar-refractivity contribution in [1.82, 2.24) is 24.5 Å². The Hall–Kier alpha value is -3.48. The zero-order valence-electron chi connectivity index (χ0n) is 17.1. The summed E-state index contributed by atoms with van der Waals surface area (Å²) in [5, 5.41) is 12.9. The van der Waals surface area contributed by atoms with Crippen molar-refractivity contribution in [2.45, 2.75) is 40.8 Å². The van der Waals surface area contributed by atoms with Crippen molar-refractivity contribution in [2.24, 2.45) is 0 Å². The lowest BCUT2D eigenvalue weighted by atomic mass is 10.1. The van der Waals surface area contributed by atoms with E-state index in [1.54, 1.807) is 0 Å². The molecule has 7 nitrogen and oxygen atoms in total. The number of rotatable bonds is 5. The Labute approximate surface area is 169 Å². The van der Waals surface area contributed by atoms with Gasteiger partial charge in [0, 0.05) is 18.3 Å². The average Bonchev–Trinajstić information content (AvgIpc) is 3.20. The molecule has 0 aliphatic rings. The molecule has 29 heavy (non-hydrogen) atoms. The molecule has 0 bridgehead atoms. The van der Waals surface area contributed by atoms with Gasteiger partial charge in [0.25, 0.3) is 5.91 Å². The maximum atomic E-state index is 13.2. The molecule has 0 fully saturated rings. The smallest absolute Gasteiger partial charge is 0.257 e. The van der Waals surface area contributed by atoms with Gasteiger partial charge in [-0.25, -0.2) is 14.3 Å². The van der Waals surface area contributed by atoms with Crippen LogP contribution in [-0.2, 0) is 13.1 Å². The van der Waals surface area contributed by atoms with Crippen LogP contribution in [-0.4, -0.2) is 30.5 Å². The number of amides is 1. The van der Waals surface area contributed by atoms with Gasteiger partial charge in [0.15, 0.2) is 5.65 Å². The van der Waals surface area contributed by atoms with Crippen LogP contribution in [0.3, 0.4) is 0 Å². The lowest BCUT2D eigenvalue weighted by Gasteiger charge is -2.10. The van der Waals surface area contributed by atoms with Gasteiger partial charge in [-0.2, -0.15) is 10.2 Å². The first-order valence-electron chi connectivity index (χ1n) is 9.70. The van der Waals surface area contributed by atoms with Crippen LogP contribution in [0.5, 0.6) is 0 Å². The Morgan fingerprint density at radius 2 is 1.76 bits per heavy atom. The van der Waals surface area contributed by atoms with Gasteiger partial charge in [-0.1, -0.05) is 30.3 Å². The molecule has 4 aromatic rings. The molecular weight excluding hydrogens is 364 g/mol. The highest BCUT2D eigenvalue weighted by molar-refractivity contribution is 6.12. The van der Waals surface area contributed by atoms with Gasteiger partial charge in [-0.3, -0.25) is 4.79 Å². The van der Waals surface area contributed by atoms with Crippen LogP contribution in [0.4, 0.5) is 5.82 Å². The number of carbonyl (C=O) groups excluding carboxylic acids is 1. The lowest BCUT2D eigenvalue weighted by molar-refractivity contribution is 0.102. The third-order valence-corrected chi connectivity index (χ3v) is 4.87. The fraction of sp³-hybridized carbons (Fsp3) is 0.273. The summed E-state index contributed by atoms with van der Waals surface area (Å²) in [6.07, 6.45) is 0. The zero-order chi connectivity index (χ0) is 20.5. The predicted molar refractivity (Wildman–Crippen MR) is 113 cm³/mol. The van der Waals surface area contributed by atoms with Crippen LogP contribution >= 0.6 is 0 Å². The number of aromatic nitrogens is 5. The van der Waals surface area contributed by atoms with Crippen LogP contribution in [0.25, 0.3) is 11.0 Å². The first-order chi connectivity index (χ1) is 14.0. The number of pyridine rings is 1. The van der Waals surface area contributed by atoms with Gasteiger partial charge < -0.3 is 5.32 Å². The van der Waals surface area contributed by atoms with E-state index in [-0.39, 0.29) is 5.91 Å². The van der Waals surface area contributed by atoms with E-state index in [9.17, 15) is 4.79 Å². The molecule has 0 aliphatic heterocycles. The summed E-state index contributed by atoms with van der Waals surface area (Å²) in [7, 11) is 0. The van der Waals surface area contributed by atoms with E-state index in [0.29, 0.717) is 24.5 Å². The molecule has 1 N–H and O–H groups in total. The van der Waals surface area contributed by atoms with E-state index >= 15 is 0 Å². The van der Waals surface area contributed by atoms with Crippen molar-refractivity contribution in [3.05, 3.63) is 70.7 Å². The Balaban J connectivity index is 1.70. The Morgan fingerprint density at radius 3 is 2.48 bits per heavy atom. The molecule has 148 valence electrons. The minimum atomic E-state index is -0.187. The Kier molecular flexibility index (Phi) is 4.88. The molecule has 0 aliphatic carbocycles. The molecule has 0 unspecified atom stereocenters. The molecular formula is C22H24N6O. The maximum absolute atomic E-state index is 13.2. The second-order valence-electron chi connectivity index (χ2n) is 7.18. The molecule has 1 aromatic carbocycles. The largest absolute Gasteiger partial charge is 0.307 e. The fourth-order valence-corrected chi connectivity index (χ4v) is 3.58. The minimum absolute atomic E-state index is 0.187. The van der Waals surface area contributed by atoms with Crippen LogP contribution in [0.2, 0.25) is 0 Å². The summed E-state index contributed by atoms with van der Waals surface area (Å²) >= 11 is 0. The van der Waals surface area contributed by atoms with Crippen LogP contribution in [0.15, 0.2) is 42.5 Å². The quantitative estimate of drug-likeness (QED) is 0.563. The fourth-order valence-electron chi connectivity index (χ4n) is 3.58. The summed E-state index contributed by atoms with van der Waals surface area (Å²) in [6.45, 7) is 9.02. The van der Waals surface area contributed by atoms with Crippen LogP contribution < -0.4 is 5.32 Å². The maximum Gasteiger partial charge on any atom is 0.257 e. The van der Waals surface area contributed by atoms with Gasteiger partial charge in [0.1, 0.15) is 5.82 Å². The van der Waals surface area contributed by atoms with E-state index in [2.05, 4.69) is 20.5 Å². The number of carbonyl (C=O) groups is 1. The Bertz CT molecular complexity index is 1190. The first-order valence-corrected chi connectivity index (χ1v) is 9.70. The third-order valence-electron chi connectivity index (χ3n) is 4.87. The Morgan fingerprint density at radius 1 is 1.00 bits per heavy atom. The second kappa shape index (κ2) is 7.50. The molecule has 4 rings (SSSR count). The number of aryl methyl sites for hydroxylation is 4. The summed E-state index contributed by atoms with van der Waals surface area (Å²) in [5.74, 6) is 0.480. The molecule has 0 radical (unpaired) electrons.